The average Bonchev–Trinajstić information content (AvgIpc) is 2.66. The number of aromatic nitrogens is 2. The topological polar surface area (TPSA) is 61.9 Å². The van der Waals surface area contributed by atoms with E-state index in [9.17, 15) is 4.79 Å². The van der Waals surface area contributed by atoms with E-state index >= 15 is 0 Å². The summed E-state index contributed by atoms with van der Waals surface area (Å²) in [7, 11) is 1.68. The highest BCUT2D eigenvalue weighted by molar-refractivity contribution is 5.75. The third-order valence-corrected chi connectivity index (χ3v) is 1.84. The quantitative estimate of drug-likeness (QED) is 0.687. The van der Waals surface area contributed by atoms with Gasteiger partial charge in [-0.25, -0.2) is 0 Å². The second kappa shape index (κ2) is 5.02. The predicted octanol–water partition coefficient (Wildman–Crippen LogP) is 0.255. The van der Waals surface area contributed by atoms with Crippen molar-refractivity contribution < 1.29 is 4.79 Å². The molecule has 5 heteroatoms. The Bertz CT molecular complexity index is 325. The van der Waals surface area contributed by atoms with Crippen LogP contribution in [0, 0.1) is 11.3 Å². The van der Waals surface area contributed by atoms with E-state index in [2.05, 4.69) is 5.10 Å². The molecule has 0 aliphatic rings. The van der Waals surface area contributed by atoms with Crippen molar-refractivity contribution in [3.8, 4) is 6.07 Å². The van der Waals surface area contributed by atoms with Gasteiger partial charge in [-0.15, -0.1) is 0 Å². The lowest BCUT2D eigenvalue weighted by Crippen LogP contribution is -2.31. The lowest BCUT2D eigenvalue weighted by Gasteiger charge is -2.14. The Morgan fingerprint density at radius 3 is 3.07 bits per heavy atom. The molecule has 1 heterocycles. The lowest BCUT2D eigenvalue weighted by atomic mass is 10.4. The maximum absolute atomic E-state index is 11.5. The summed E-state index contributed by atoms with van der Waals surface area (Å²) >= 11 is 0. The van der Waals surface area contributed by atoms with Crippen LogP contribution in [-0.2, 0) is 11.3 Å². The Morgan fingerprint density at radius 1 is 1.71 bits per heavy atom. The molecule has 14 heavy (non-hydrogen) atoms. The van der Waals surface area contributed by atoms with E-state index in [0.717, 1.165) is 0 Å². The van der Waals surface area contributed by atoms with Crippen LogP contribution in [0.25, 0.3) is 0 Å². The molecule has 0 unspecified atom stereocenters. The lowest BCUT2D eigenvalue weighted by molar-refractivity contribution is -0.130. The number of hydrogen-bond donors (Lipinski definition) is 0. The van der Waals surface area contributed by atoms with Gasteiger partial charge in [-0.1, -0.05) is 0 Å². The Balaban J connectivity index is 2.39. The second-order valence-corrected chi connectivity index (χ2v) is 2.93. The van der Waals surface area contributed by atoms with Crippen LogP contribution in [-0.4, -0.2) is 34.2 Å². The van der Waals surface area contributed by atoms with E-state index in [1.54, 1.807) is 30.2 Å². The van der Waals surface area contributed by atoms with Crippen LogP contribution >= 0.6 is 0 Å². The Morgan fingerprint density at radius 2 is 2.50 bits per heavy atom. The van der Waals surface area contributed by atoms with Crippen molar-refractivity contribution in [3.63, 3.8) is 0 Å². The molecular formula is C9H12N4O. The Labute approximate surface area is 82.5 Å². The van der Waals surface area contributed by atoms with Crippen molar-refractivity contribution >= 4 is 5.91 Å². The molecule has 1 aromatic rings. The second-order valence-electron chi connectivity index (χ2n) is 2.93. The molecule has 0 bridgehead atoms. The zero-order valence-corrected chi connectivity index (χ0v) is 8.05. The molecule has 1 amide bonds. The van der Waals surface area contributed by atoms with Gasteiger partial charge in [0.25, 0.3) is 0 Å². The highest BCUT2D eigenvalue weighted by Crippen LogP contribution is 1.92. The molecule has 0 N–H and O–H groups in total. The smallest absolute Gasteiger partial charge is 0.244 e. The summed E-state index contributed by atoms with van der Waals surface area (Å²) in [5, 5.41) is 12.3. The summed E-state index contributed by atoms with van der Waals surface area (Å²) < 4.78 is 1.56. The van der Waals surface area contributed by atoms with Crippen molar-refractivity contribution in [3.05, 3.63) is 18.5 Å². The van der Waals surface area contributed by atoms with E-state index in [1.807, 2.05) is 6.07 Å². The number of carbonyl (C=O) groups is 1. The number of amides is 1. The number of carbonyl (C=O) groups excluding carboxylic acids is 1. The van der Waals surface area contributed by atoms with Crippen molar-refractivity contribution in [2.45, 2.75) is 13.0 Å². The Hall–Kier alpha value is -1.83. The van der Waals surface area contributed by atoms with Crippen LogP contribution in [0.15, 0.2) is 18.5 Å². The minimum absolute atomic E-state index is 0.0380. The molecule has 0 atom stereocenters. The number of rotatable bonds is 4. The van der Waals surface area contributed by atoms with E-state index in [1.165, 1.54) is 4.90 Å². The van der Waals surface area contributed by atoms with Gasteiger partial charge in [0.1, 0.15) is 6.54 Å². The molecule has 0 aliphatic carbocycles. The molecular weight excluding hydrogens is 180 g/mol. The van der Waals surface area contributed by atoms with E-state index in [0.29, 0.717) is 13.0 Å². The maximum Gasteiger partial charge on any atom is 0.244 e. The van der Waals surface area contributed by atoms with Gasteiger partial charge in [-0.05, 0) is 6.07 Å². The van der Waals surface area contributed by atoms with Gasteiger partial charge in [-0.3, -0.25) is 9.48 Å². The largest absolute Gasteiger partial charge is 0.343 e. The van der Waals surface area contributed by atoms with Crippen molar-refractivity contribution in [2.75, 3.05) is 13.6 Å². The molecule has 1 rings (SSSR count). The SMILES string of the molecule is CN(CCC#N)C(=O)Cn1cccn1. The van der Waals surface area contributed by atoms with Gasteiger partial charge in [0.05, 0.1) is 12.5 Å². The molecule has 74 valence electrons. The van der Waals surface area contributed by atoms with E-state index in [-0.39, 0.29) is 12.5 Å². The molecule has 0 saturated heterocycles. The third-order valence-electron chi connectivity index (χ3n) is 1.84. The average molecular weight is 192 g/mol. The minimum Gasteiger partial charge on any atom is -0.343 e. The zero-order chi connectivity index (χ0) is 10.4. The third kappa shape index (κ3) is 2.90. The van der Waals surface area contributed by atoms with Gasteiger partial charge in [0.15, 0.2) is 0 Å². The summed E-state index contributed by atoms with van der Waals surface area (Å²) in [4.78, 5) is 13.0. The summed E-state index contributed by atoms with van der Waals surface area (Å²) in [6.45, 7) is 0.700. The van der Waals surface area contributed by atoms with E-state index in [4.69, 9.17) is 5.26 Å². The van der Waals surface area contributed by atoms with Crippen LogP contribution in [0.4, 0.5) is 0 Å². The number of nitriles is 1. The molecule has 0 aliphatic heterocycles. The molecule has 0 saturated carbocycles. The first-order chi connectivity index (χ1) is 6.74. The summed E-state index contributed by atoms with van der Waals surface area (Å²) in [5.74, 6) is -0.0380. The molecule has 0 fully saturated rings. The highest BCUT2D eigenvalue weighted by atomic mass is 16.2. The van der Waals surface area contributed by atoms with Crippen LogP contribution in [0.2, 0.25) is 0 Å². The first-order valence-corrected chi connectivity index (χ1v) is 4.32. The molecule has 5 nitrogen and oxygen atoms in total. The number of nitrogens with zero attached hydrogens (tertiary/aromatic N) is 4. The first-order valence-electron chi connectivity index (χ1n) is 4.32. The van der Waals surface area contributed by atoms with Crippen LogP contribution in [0.3, 0.4) is 0 Å². The maximum atomic E-state index is 11.5. The normalized spacial score (nSPS) is 9.43. The standard InChI is InChI=1S/C9H12N4O/c1-12(6-2-4-10)9(14)8-13-7-3-5-11-13/h3,5,7H,2,6,8H2,1H3. The van der Waals surface area contributed by atoms with Crippen molar-refractivity contribution in [2.24, 2.45) is 0 Å². The van der Waals surface area contributed by atoms with Gasteiger partial charge in [-0.2, -0.15) is 10.4 Å². The number of hydrogen-bond acceptors (Lipinski definition) is 3. The fourth-order valence-corrected chi connectivity index (χ4v) is 0.996. The monoisotopic (exact) mass is 192 g/mol. The summed E-state index contributed by atoms with van der Waals surface area (Å²) in [5.41, 5.74) is 0. The van der Waals surface area contributed by atoms with Gasteiger partial charge < -0.3 is 4.90 Å². The highest BCUT2D eigenvalue weighted by Gasteiger charge is 2.08. The fraction of sp³-hybridized carbons (Fsp3) is 0.444. The summed E-state index contributed by atoms with van der Waals surface area (Å²) in [6, 6.07) is 3.76. The van der Waals surface area contributed by atoms with Crippen LogP contribution in [0.1, 0.15) is 6.42 Å². The molecule has 0 spiro atoms. The Kier molecular flexibility index (Phi) is 3.68. The minimum atomic E-state index is -0.0380. The van der Waals surface area contributed by atoms with Gasteiger partial charge in [0, 0.05) is 26.0 Å². The molecule has 0 radical (unpaired) electrons. The van der Waals surface area contributed by atoms with Gasteiger partial charge in [0.2, 0.25) is 5.91 Å². The van der Waals surface area contributed by atoms with Crippen molar-refractivity contribution in [1.29, 1.82) is 5.26 Å². The fourth-order valence-electron chi connectivity index (χ4n) is 0.996. The molecule has 0 aromatic carbocycles. The molecule has 1 aromatic heterocycles. The first kappa shape index (κ1) is 10.3. The van der Waals surface area contributed by atoms with Crippen LogP contribution in [0.5, 0.6) is 0 Å². The predicted molar refractivity (Wildman–Crippen MR) is 50.1 cm³/mol. The van der Waals surface area contributed by atoms with E-state index < -0.39 is 0 Å². The summed E-state index contributed by atoms with van der Waals surface area (Å²) in [6.07, 6.45) is 3.72. The zero-order valence-electron chi connectivity index (χ0n) is 8.05. The number of likely N-dealkylation sites (N-methyl/N-ethyl adjacent to an activating group) is 1. The van der Waals surface area contributed by atoms with Gasteiger partial charge >= 0.3 is 0 Å². The van der Waals surface area contributed by atoms with Crippen molar-refractivity contribution in [1.82, 2.24) is 14.7 Å². The van der Waals surface area contributed by atoms with Crippen LogP contribution < -0.4 is 0 Å².